The molecule has 1 saturated heterocycles. The molecule has 0 saturated carbocycles. The molecule has 0 aromatic rings. The van der Waals surface area contributed by atoms with Crippen LogP contribution in [0.3, 0.4) is 0 Å². The summed E-state index contributed by atoms with van der Waals surface area (Å²) in [7, 11) is 1.86. The molecule has 0 aromatic heterocycles. The normalized spacial score (nSPS) is 18.9. The number of hydrogen-bond acceptors (Lipinski definition) is 3. The van der Waals surface area contributed by atoms with Crippen LogP contribution in [0.25, 0.3) is 0 Å². The lowest BCUT2D eigenvalue weighted by Gasteiger charge is -2.32. The highest BCUT2D eigenvalue weighted by molar-refractivity contribution is 5.81. The molecule has 19 heavy (non-hydrogen) atoms. The van der Waals surface area contributed by atoms with Crippen LogP contribution in [-0.2, 0) is 4.79 Å². The van der Waals surface area contributed by atoms with Gasteiger partial charge in [0.15, 0.2) is 0 Å². The van der Waals surface area contributed by atoms with Crippen molar-refractivity contribution in [2.45, 2.75) is 64.5 Å². The number of nitrogens with zero attached hydrogens (tertiary/aromatic N) is 1. The Bertz CT molecular complexity index is 261. The molecule has 0 aliphatic carbocycles. The van der Waals surface area contributed by atoms with Gasteiger partial charge in [0.05, 0.1) is 12.1 Å². The maximum absolute atomic E-state index is 12.3. The maximum Gasteiger partial charge on any atom is 0.239 e. The Labute approximate surface area is 117 Å². The van der Waals surface area contributed by atoms with Crippen molar-refractivity contribution in [3.05, 3.63) is 0 Å². The number of rotatable bonds is 7. The number of piperidine rings is 1. The van der Waals surface area contributed by atoms with Crippen LogP contribution in [0.15, 0.2) is 0 Å². The van der Waals surface area contributed by atoms with Gasteiger partial charge in [-0.2, -0.15) is 0 Å². The molecular formula is C15H30N2O2. The molecule has 1 aliphatic rings. The minimum atomic E-state index is -0.219. The molecule has 1 aliphatic heterocycles. The predicted octanol–water partition coefficient (Wildman–Crippen LogP) is 1.77. The Morgan fingerprint density at radius 3 is 2.37 bits per heavy atom. The second kappa shape index (κ2) is 8.54. The fourth-order valence-electron chi connectivity index (χ4n) is 2.60. The largest absolute Gasteiger partial charge is 0.393 e. The molecule has 1 fully saturated rings. The van der Waals surface area contributed by atoms with Crippen molar-refractivity contribution in [2.24, 2.45) is 5.92 Å². The zero-order chi connectivity index (χ0) is 14.3. The van der Waals surface area contributed by atoms with Gasteiger partial charge in [0.1, 0.15) is 0 Å². The number of nitrogens with one attached hydrogen (secondary N) is 1. The van der Waals surface area contributed by atoms with Crippen LogP contribution in [0, 0.1) is 5.92 Å². The highest BCUT2D eigenvalue weighted by Crippen LogP contribution is 2.14. The summed E-state index contributed by atoms with van der Waals surface area (Å²) in [5.41, 5.74) is 0. The summed E-state index contributed by atoms with van der Waals surface area (Å²) in [5.74, 6) is 0.950. The fourth-order valence-corrected chi connectivity index (χ4v) is 2.60. The number of aliphatic hydroxyl groups is 1. The third-order valence-corrected chi connectivity index (χ3v) is 3.95. The van der Waals surface area contributed by atoms with E-state index in [2.05, 4.69) is 19.2 Å². The number of aliphatic hydroxyl groups excluding tert-OH is 1. The quantitative estimate of drug-likeness (QED) is 0.693. The van der Waals surface area contributed by atoms with E-state index in [0.717, 1.165) is 31.6 Å². The molecule has 2 N–H and O–H groups in total. The first kappa shape index (κ1) is 16.4. The summed E-state index contributed by atoms with van der Waals surface area (Å²) in [6, 6.07) is -0.0533. The van der Waals surface area contributed by atoms with Crippen molar-refractivity contribution in [1.82, 2.24) is 10.2 Å². The van der Waals surface area contributed by atoms with E-state index in [9.17, 15) is 9.90 Å². The van der Waals surface area contributed by atoms with Gasteiger partial charge in [0, 0.05) is 13.1 Å². The van der Waals surface area contributed by atoms with E-state index in [4.69, 9.17) is 0 Å². The fraction of sp³-hybridized carbons (Fsp3) is 0.933. The Morgan fingerprint density at radius 1 is 1.26 bits per heavy atom. The molecular weight excluding hydrogens is 240 g/mol. The predicted molar refractivity (Wildman–Crippen MR) is 78.0 cm³/mol. The number of carbonyl (C=O) groups excluding carboxylic acids is 1. The maximum atomic E-state index is 12.3. The van der Waals surface area contributed by atoms with E-state index in [0.29, 0.717) is 13.1 Å². The number of hydrogen-bond donors (Lipinski definition) is 2. The molecule has 0 spiro atoms. The van der Waals surface area contributed by atoms with E-state index in [1.165, 1.54) is 12.8 Å². The lowest BCUT2D eigenvalue weighted by Crippen LogP contribution is -2.49. The van der Waals surface area contributed by atoms with Crippen molar-refractivity contribution >= 4 is 5.91 Å². The van der Waals surface area contributed by atoms with Gasteiger partial charge in [0.2, 0.25) is 5.91 Å². The van der Waals surface area contributed by atoms with E-state index in [-0.39, 0.29) is 18.1 Å². The zero-order valence-electron chi connectivity index (χ0n) is 12.7. The first-order chi connectivity index (χ1) is 9.04. The molecule has 0 radical (unpaired) electrons. The van der Waals surface area contributed by atoms with Gasteiger partial charge in [-0.1, -0.05) is 33.1 Å². The third-order valence-electron chi connectivity index (χ3n) is 3.95. The van der Waals surface area contributed by atoms with Gasteiger partial charge in [-0.3, -0.25) is 4.79 Å². The molecule has 1 atom stereocenters. The van der Waals surface area contributed by atoms with Crippen LogP contribution in [0.5, 0.6) is 0 Å². The second-order valence-corrected chi connectivity index (χ2v) is 6.08. The van der Waals surface area contributed by atoms with Crippen LogP contribution in [0.1, 0.15) is 52.4 Å². The van der Waals surface area contributed by atoms with E-state index in [1.54, 1.807) is 0 Å². The van der Waals surface area contributed by atoms with E-state index >= 15 is 0 Å². The monoisotopic (exact) mass is 270 g/mol. The molecule has 4 heteroatoms. The van der Waals surface area contributed by atoms with Crippen LogP contribution < -0.4 is 5.32 Å². The van der Waals surface area contributed by atoms with Gasteiger partial charge in [-0.25, -0.2) is 0 Å². The van der Waals surface area contributed by atoms with Crippen LogP contribution >= 0.6 is 0 Å². The van der Waals surface area contributed by atoms with Crippen LogP contribution in [0.2, 0.25) is 0 Å². The van der Waals surface area contributed by atoms with Crippen molar-refractivity contribution < 1.29 is 9.90 Å². The lowest BCUT2D eigenvalue weighted by molar-refractivity contribution is -0.135. The minimum absolute atomic E-state index is 0.0533. The van der Waals surface area contributed by atoms with Crippen molar-refractivity contribution in [3.63, 3.8) is 0 Å². The Balaban J connectivity index is 2.30. The third kappa shape index (κ3) is 5.91. The van der Waals surface area contributed by atoms with Crippen molar-refractivity contribution in [1.29, 1.82) is 0 Å². The molecule has 0 aromatic carbocycles. The highest BCUT2D eigenvalue weighted by atomic mass is 16.3. The highest BCUT2D eigenvalue weighted by Gasteiger charge is 2.26. The Hall–Kier alpha value is -0.610. The number of amides is 1. The topological polar surface area (TPSA) is 52.6 Å². The standard InChI is InChI=1S/C15H30N2O2/c1-12(2)6-4-5-7-14(16-3)15(19)17-10-8-13(18)9-11-17/h12-14,16,18H,4-11H2,1-3H3. The summed E-state index contributed by atoms with van der Waals surface area (Å²) in [6.07, 6.45) is 5.67. The van der Waals surface area contributed by atoms with Crippen molar-refractivity contribution in [2.75, 3.05) is 20.1 Å². The molecule has 0 bridgehead atoms. The number of likely N-dealkylation sites (N-methyl/N-ethyl adjacent to an activating group) is 1. The van der Waals surface area contributed by atoms with E-state index in [1.807, 2.05) is 11.9 Å². The summed E-state index contributed by atoms with van der Waals surface area (Å²) >= 11 is 0. The number of unbranched alkanes of at least 4 members (excludes halogenated alkanes) is 1. The summed E-state index contributed by atoms with van der Waals surface area (Å²) in [4.78, 5) is 14.2. The average Bonchev–Trinajstić information content (AvgIpc) is 2.39. The molecule has 1 rings (SSSR count). The average molecular weight is 270 g/mol. The minimum Gasteiger partial charge on any atom is -0.393 e. The molecule has 1 amide bonds. The van der Waals surface area contributed by atoms with Crippen LogP contribution in [0.4, 0.5) is 0 Å². The summed E-state index contributed by atoms with van der Waals surface area (Å²) in [6.45, 7) is 5.87. The van der Waals surface area contributed by atoms with Gasteiger partial charge in [-0.15, -0.1) is 0 Å². The number of carbonyl (C=O) groups is 1. The van der Waals surface area contributed by atoms with Crippen LogP contribution in [-0.4, -0.2) is 48.2 Å². The smallest absolute Gasteiger partial charge is 0.239 e. The van der Waals surface area contributed by atoms with Gasteiger partial charge in [-0.05, 0) is 32.2 Å². The van der Waals surface area contributed by atoms with Gasteiger partial charge in [0.25, 0.3) is 0 Å². The van der Waals surface area contributed by atoms with Gasteiger partial charge >= 0.3 is 0 Å². The zero-order valence-corrected chi connectivity index (χ0v) is 12.7. The van der Waals surface area contributed by atoms with Crippen molar-refractivity contribution in [3.8, 4) is 0 Å². The SMILES string of the molecule is CNC(CCCCC(C)C)C(=O)N1CCC(O)CC1. The second-order valence-electron chi connectivity index (χ2n) is 6.08. The molecule has 112 valence electrons. The molecule has 1 heterocycles. The Morgan fingerprint density at radius 2 is 1.84 bits per heavy atom. The first-order valence-corrected chi connectivity index (χ1v) is 7.68. The number of likely N-dealkylation sites (tertiary alicyclic amines) is 1. The molecule has 1 unspecified atom stereocenters. The van der Waals surface area contributed by atoms with E-state index < -0.39 is 0 Å². The van der Waals surface area contributed by atoms with Gasteiger partial charge < -0.3 is 15.3 Å². The summed E-state index contributed by atoms with van der Waals surface area (Å²) in [5, 5.41) is 12.6. The Kier molecular flexibility index (Phi) is 7.39. The molecule has 4 nitrogen and oxygen atoms in total. The summed E-state index contributed by atoms with van der Waals surface area (Å²) < 4.78 is 0. The first-order valence-electron chi connectivity index (χ1n) is 7.68. The lowest BCUT2D eigenvalue weighted by atomic mass is 10.0.